The van der Waals surface area contributed by atoms with Gasteiger partial charge in [-0.15, -0.1) is 0 Å². The summed E-state index contributed by atoms with van der Waals surface area (Å²) in [6.45, 7) is 0. The molecule has 0 aliphatic rings. The molecule has 1 heterocycles. The van der Waals surface area contributed by atoms with Crippen molar-refractivity contribution in [2.24, 2.45) is 0 Å². The van der Waals surface area contributed by atoms with E-state index in [0.717, 1.165) is 22.0 Å². The number of pyridine rings is 1. The van der Waals surface area contributed by atoms with Gasteiger partial charge in [-0.25, -0.2) is 0 Å². The standard InChI is InChI=1S/C15H15BrClNO/c16-13-5-4-12(15(17)9-13)8-14(19)6-3-11-2-1-7-18-10-11/h1-2,4-5,7,9-10,14,19H,3,6,8H2. The van der Waals surface area contributed by atoms with Crippen LogP contribution >= 0.6 is 27.5 Å². The van der Waals surface area contributed by atoms with Gasteiger partial charge in [-0.3, -0.25) is 4.98 Å². The number of nitrogens with zero attached hydrogens (tertiary/aromatic N) is 1. The van der Waals surface area contributed by atoms with Crippen molar-refractivity contribution in [2.75, 3.05) is 0 Å². The van der Waals surface area contributed by atoms with Crippen molar-refractivity contribution >= 4 is 27.5 Å². The first-order valence-corrected chi connectivity index (χ1v) is 7.33. The molecule has 1 aromatic heterocycles. The molecule has 0 bridgehead atoms. The van der Waals surface area contributed by atoms with E-state index in [9.17, 15) is 5.11 Å². The summed E-state index contributed by atoms with van der Waals surface area (Å²) in [4.78, 5) is 4.06. The smallest absolute Gasteiger partial charge is 0.0584 e. The molecule has 2 nitrogen and oxygen atoms in total. The number of halogens is 2. The van der Waals surface area contributed by atoms with E-state index in [4.69, 9.17) is 11.6 Å². The van der Waals surface area contributed by atoms with Crippen molar-refractivity contribution < 1.29 is 5.11 Å². The highest BCUT2D eigenvalue weighted by Crippen LogP contribution is 2.23. The number of hydrogen-bond donors (Lipinski definition) is 1. The monoisotopic (exact) mass is 339 g/mol. The van der Waals surface area contributed by atoms with Crippen LogP contribution in [-0.2, 0) is 12.8 Å². The summed E-state index contributed by atoms with van der Waals surface area (Å²) < 4.78 is 0.950. The Hall–Kier alpha value is -0.900. The van der Waals surface area contributed by atoms with Crippen LogP contribution in [0.5, 0.6) is 0 Å². The summed E-state index contributed by atoms with van der Waals surface area (Å²) >= 11 is 9.51. The Balaban J connectivity index is 1.89. The Kier molecular flexibility index (Phi) is 5.37. The van der Waals surface area contributed by atoms with Crippen LogP contribution in [0.3, 0.4) is 0 Å². The summed E-state index contributed by atoms with van der Waals surface area (Å²) in [6.07, 6.45) is 5.30. The van der Waals surface area contributed by atoms with E-state index >= 15 is 0 Å². The van der Waals surface area contributed by atoms with Crippen LogP contribution < -0.4 is 0 Å². The molecule has 19 heavy (non-hydrogen) atoms. The largest absolute Gasteiger partial charge is 0.393 e. The minimum atomic E-state index is -0.390. The molecule has 0 fully saturated rings. The highest BCUT2D eigenvalue weighted by molar-refractivity contribution is 9.10. The SMILES string of the molecule is OC(CCc1cccnc1)Cc1ccc(Br)cc1Cl. The van der Waals surface area contributed by atoms with Gasteiger partial charge < -0.3 is 5.11 Å². The number of hydrogen-bond acceptors (Lipinski definition) is 2. The highest BCUT2D eigenvalue weighted by atomic mass is 79.9. The second-order valence-electron chi connectivity index (χ2n) is 4.49. The van der Waals surface area contributed by atoms with Gasteiger partial charge in [-0.2, -0.15) is 0 Å². The normalized spacial score (nSPS) is 12.4. The van der Waals surface area contributed by atoms with Gasteiger partial charge in [-0.05, 0) is 48.6 Å². The maximum atomic E-state index is 10.1. The lowest BCUT2D eigenvalue weighted by Gasteiger charge is -2.12. The third kappa shape index (κ3) is 4.60. The number of aryl methyl sites for hydroxylation is 1. The fourth-order valence-electron chi connectivity index (χ4n) is 1.92. The summed E-state index contributed by atoms with van der Waals surface area (Å²) in [5.41, 5.74) is 2.12. The van der Waals surface area contributed by atoms with Gasteiger partial charge in [0.15, 0.2) is 0 Å². The molecule has 0 saturated carbocycles. The predicted molar refractivity (Wildman–Crippen MR) is 81.4 cm³/mol. The van der Waals surface area contributed by atoms with Crippen molar-refractivity contribution in [1.29, 1.82) is 0 Å². The average molecular weight is 341 g/mol. The molecule has 4 heteroatoms. The van der Waals surface area contributed by atoms with Crippen LogP contribution in [0.4, 0.5) is 0 Å². The third-order valence-corrected chi connectivity index (χ3v) is 3.80. The lowest BCUT2D eigenvalue weighted by molar-refractivity contribution is 0.165. The quantitative estimate of drug-likeness (QED) is 0.891. The van der Waals surface area contributed by atoms with E-state index in [1.807, 2.05) is 36.5 Å². The maximum absolute atomic E-state index is 10.1. The van der Waals surface area contributed by atoms with E-state index in [-0.39, 0.29) is 6.10 Å². The molecule has 2 rings (SSSR count). The lowest BCUT2D eigenvalue weighted by atomic mass is 10.0. The van der Waals surface area contributed by atoms with Gasteiger partial charge >= 0.3 is 0 Å². The van der Waals surface area contributed by atoms with Gasteiger partial charge in [0.2, 0.25) is 0 Å². The van der Waals surface area contributed by atoms with Crippen LogP contribution in [0.2, 0.25) is 5.02 Å². The zero-order valence-electron chi connectivity index (χ0n) is 10.4. The molecule has 100 valence electrons. The number of rotatable bonds is 5. The van der Waals surface area contributed by atoms with Gasteiger partial charge in [0, 0.05) is 21.9 Å². The Morgan fingerprint density at radius 3 is 2.84 bits per heavy atom. The number of aliphatic hydroxyl groups excluding tert-OH is 1. The second kappa shape index (κ2) is 7.04. The third-order valence-electron chi connectivity index (χ3n) is 2.96. The van der Waals surface area contributed by atoms with Crippen LogP contribution in [0, 0.1) is 0 Å². The van der Waals surface area contributed by atoms with Crippen LogP contribution in [0.15, 0.2) is 47.2 Å². The number of aromatic nitrogens is 1. The average Bonchev–Trinajstić information content (AvgIpc) is 2.41. The summed E-state index contributed by atoms with van der Waals surface area (Å²) in [6, 6.07) is 9.67. The minimum Gasteiger partial charge on any atom is -0.393 e. The Morgan fingerprint density at radius 1 is 1.32 bits per heavy atom. The van der Waals surface area contributed by atoms with Crippen molar-refractivity contribution in [3.05, 3.63) is 63.3 Å². The van der Waals surface area contributed by atoms with E-state index in [1.165, 1.54) is 0 Å². The van der Waals surface area contributed by atoms with Crippen molar-refractivity contribution in [3.63, 3.8) is 0 Å². The molecule has 1 aromatic carbocycles. The van der Waals surface area contributed by atoms with Crippen LogP contribution in [-0.4, -0.2) is 16.2 Å². The molecule has 0 radical (unpaired) electrons. The first-order chi connectivity index (χ1) is 9.15. The van der Waals surface area contributed by atoms with E-state index in [2.05, 4.69) is 20.9 Å². The molecule has 1 N–H and O–H groups in total. The fraction of sp³-hybridized carbons (Fsp3) is 0.267. The summed E-state index contributed by atoms with van der Waals surface area (Å²) in [7, 11) is 0. The Bertz CT molecular complexity index is 533. The minimum absolute atomic E-state index is 0.390. The molecular formula is C15H15BrClNO. The first-order valence-electron chi connectivity index (χ1n) is 6.16. The molecule has 0 aliphatic carbocycles. The zero-order valence-corrected chi connectivity index (χ0v) is 12.7. The zero-order chi connectivity index (χ0) is 13.7. The highest BCUT2D eigenvalue weighted by Gasteiger charge is 2.09. The van der Waals surface area contributed by atoms with Crippen LogP contribution in [0.1, 0.15) is 17.5 Å². The van der Waals surface area contributed by atoms with E-state index in [0.29, 0.717) is 17.9 Å². The topological polar surface area (TPSA) is 33.1 Å². The lowest BCUT2D eigenvalue weighted by Crippen LogP contribution is -2.12. The van der Waals surface area contributed by atoms with Gasteiger partial charge in [0.25, 0.3) is 0 Å². The van der Waals surface area contributed by atoms with E-state index < -0.39 is 0 Å². The van der Waals surface area contributed by atoms with Gasteiger partial charge in [-0.1, -0.05) is 39.7 Å². The van der Waals surface area contributed by atoms with Crippen molar-refractivity contribution in [2.45, 2.75) is 25.4 Å². The molecular weight excluding hydrogens is 326 g/mol. The fourth-order valence-corrected chi connectivity index (χ4v) is 2.67. The van der Waals surface area contributed by atoms with Crippen molar-refractivity contribution in [1.82, 2.24) is 4.98 Å². The molecule has 1 atom stereocenters. The number of aliphatic hydroxyl groups is 1. The summed E-state index contributed by atoms with van der Waals surface area (Å²) in [5, 5.41) is 10.8. The molecule has 0 saturated heterocycles. The predicted octanol–water partition coefficient (Wildman–Crippen LogP) is 4.03. The van der Waals surface area contributed by atoms with Gasteiger partial charge in [0.05, 0.1) is 6.10 Å². The first kappa shape index (κ1) is 14.5. The number of benzene rings is 1. The summed E-state index contributed by atoms with van der Waals surface area (Å²) in [5.74, 6) is 0. The maximum Gasteiger partial charge on any atom is 0.0584 e. The van der Waals surface area contributed by atoms with Crippen molar-refractivity contribution in [3.8, 4) is 0 Å². The molecule has 2 aromatic rings. The Morgan fingerprint density at radius 2 is 2.16 bits per heavy atom. The molecule has 0 aliphatic heterocycles. The van der Waals surface area contributed by atoms with E-state index in [1.54, 1.807) is 6.20 Å². The molecule has 0 amide bonds. The second-order valence-corrected chi connectivity index (χ2v) is 5.82. The van der Waals surface area contributed by atoms with Gasteiger partial charge in [0.1, 0.15) is 0 Å². The molecule has 0 spiro atoms. The Labute approximate surface area is 126 Å². The molecule has 1 unspecified atom stereocenters. The van der Waals surface area contributed by atoms with Crippen LogP contribution in [0.25, 0.3) is 0 Å².